The van der Waals surface area contributed by atoms with Gasteiger partial charge in [-0.15, -0.1) is 0 Å². The van der Waals surface area contributed by atoms with E-state index in [0.29, 0.717) is 5.92 Å². The fraction of sp³-hybridized carbons (Fsp3) is 0.421. The maximum Gasteiger partial charge on any atom is 0.0590 e. The molecular weight excluding hydrogens is 304 g/mol. The Morgan fingerprint density at radius 2 is 1.83 bits per heavy atom. The normalized spacial score (nSPS) is 13.9. The van der Waals surface area contributed by atoms with Crippen molar-refractivity contribution >= 4 is 11.8 Å². The van der Waals surface area contributed by atoms with E-state index in [4.69, 9.17) is 0 Å². The largest absolute Gasteiger partial charge is 0.395 e. The SMILES string of the molecule is CC(C)[C@@H](CO)N[C@@H](CSCc1ccccc1)c1ccccn1. The molecule has 0 amide bonds. The van der Waals surface area contributed by atoms with Crippen LogP contribution in [0, 0.1) is 5.92 Å². The molecule has 1 heterocycles. The zero-order valence-electron chi connectivity index (χ0n) is 13.9. The maximum absolute atomic E-state index is 9.61. The van der Waals surface area contributed by atoms with Gasteiger partial charge in [-0.3, -0.25) is 4.98 Å². The number of aromatic nitrogens is 1. The van der Waals surface area contributed by atoms with Crippen molar-refractivity contribution in [2.45, 2.75) is 31.7 Å². The lowest BCUT2D eigenvalue weighted by molar-refractivity contribution is 0.201. The van der Waals surface area contributed by atoms with Crippen LogP contribution in [0.5, 0.6) is 0 Å². The van der Waals surface area contributed by atoms with Crippen molar-refractivity contribution in [3.63, 3.8) is 0 Å². The number of benzene rings is 1. The van der Waals surface area contributed by atoms with E-state index in [-0.39, 0.29) is 18.7 Å². The van der Waals surface area contributed by atoms with Crippen LogP contribution in [-0.2, 0) is 5.75 Å². The van der Waals surface area contributed by atoms with Crippen molar-refractivity contribution in [1.29, 1.82) is 0 Å². The van der Waals surface area contributed by atoms with Gasteiger partial charge < -0.3 is 10.4 Å². The minimum Gasteiger partial charge on any atom is -0.395 e. The molecule has 1 aromatic heterocycles. The van der Waals surface area contributed by atoms with Crippen LogP contribution in [-0.4, -0.2) is 28.5 Å². The van der Waals surface area contributed by atoms with Gasteiger partial charge in [0.2, 0.25) is 0 Å². The molecule has 0 bridgehead atoms. The maximum atomic E-state index is 9.61. The Kier molecular flexibility index (Phi) is 7.59. The second-order valence-electron chi connectivity index (χ2n) is 6.01. The molecule has 124 valence electrons. The van der Waals surface area contributed by atoms with E-state index in [2.05, 4.69) is 54.5 Å². The van der Waals surface area contributed by atoms with E-state index >= 15 is 0 Å². The van der Waals surface area contributed by atoms with Crippen LogP contribution in [0.1, 0.15) is 31.1 Å². The van der Waals surface area contributed by atoms with Crippen LogP contribution < -0.4 is 5.32 Å². The van der Waals surface area contributed by atoms with Crippen LogP contribution in [0.25, 0.3) is 0 Å². The number of hydrogen-bond acceptors (Lipinski definition) is 4. The number of aliphatic hydroxyl groups excluding tert-OH is 1. The molecule has 23 heavy (non-hydrogen) atoms. The predicted molar refractivity (Wildman–Crippen MR) is 98.4 cm³/mol. The average molecular weight is 330 g/mol. The summed E-state index contributed by atoms with van der Waals surface area (Å²) in [7, 11) is 0. The highest BCUT2D eigenvalue weighted by atomic mass is 32.2. The van der Waals surface area contributed by atoms with Gasteiger partial charge in [0, 0.05) is 23.7 Å². The Balaban J connectivity index is 1.99. The Morgan fingerprint density at radius 1 is 1.09 bits per heavy atom. The van der Waals surface area contributed by atoms with Gasteiger partial charge in [-0.2, -0.15) is 11.8 Å². The van der Waals surface area contributed by atoms with Gasteiger partial charge in [0.15, 0.2) is 0 Å². The van der Waals surface area contributed by atoms with Gasteiger partial charge in [0.25, 0.3) is 0 Å². The molecule has 2 N–H and O–H groups in total. The monoisotopic (exact) mass is 330 g/mol. The van der Waals surface area contributed by atoms with Crippen molar-refractivity contribution < 1.29 is 5.11 Å². The summed E-state index contributed by atoms with van der Waals surface area (Å²) in [5.74, 6) is 2.29. The molecule has 4 heteroatoms. The molecule has 1 aromatic carbocycles. The Labute approximate surface area is 143 Å². The van der Waals surface area contributed by atoms with Gasteiger partial charge in [-0.25, -0.2) is 0 Å². The van der Waals surface area contributed by atoms with Gasteiger partial charge in [0.05, 0.1) is 18.3 Å². The van der Waals surface area contributed by atoms with E-state index in [1.807, 2.05) is 36.2 Å². The third-order valence-electron chi connectivity index (χ3n) is 3.86. The molecular formula is C19H26N2OS. The van der Waals surface area contributed by atoms with Crippen molar-refractivity contribution in [3.8, 4) is 0 Å². The van der Waals surface area contributed by atoms with Crippen molar-refractivity contribution in [3.05, 3.63) is 66.0 Å². The van der Waals surface area contributed by atoms with Crippen molar-refractivity contribution in [1.82, 2.24) is 10.3 Å². The van der Waals surface area contributed by atoms with E-state index in [0.717, 1.165) is 17.2 Å². The zero-order valence-corrected chi connectivity index (χ0v) is 14.7. The molecule has 0 spiro atoms. The molecule has 2 rings (SSSR count). The van der Waals surface area contributed by atoms with E-state index < -0.39 is 0 Å². The molecule has 3 nitrogen and oxygen atoms in total. The summed E-state index contributed by atoms with van der Waals surface area (Å²) in [5.41, 5.74) is 2.37. The van der Waals surface area contributed by atoms with E-state index in [1.54, 1.807) is 0 Å². The van der Waals surface area contributed by atoms with Crippen molar-refractivity contribution in [2.24, 2.45) is 5.92 Å². The number of aliphatic hydroxyl groups is 1. The number of nitrogens with zero attached hydrogens (tertiary/aromatic N) is 1. The number of hydrogen-bond donors (Lipinski definition) is 2. The first-order valence-electron chi connectivity index (χ1n) is 8.10. The van der Waals surface area contributed by atoms with Gasteiger partial charge in [-0.1, -0.05) is 50.2 Å². The third-order valence-corrected chi connectivity index (χ3v) is 4.96. The Bertz CT molecular complexity index is 548. The first-order chi connectivity index (χ1) is 11.2. The molecule has 0 unspecified atom stereocenters. The molecule has 0 saturated heterocycles. The lowest BCUT2D eigenvalue weighted by atomic mass is 10.0. The lowest BCUT2D eigenvalue weighted by Gasteiger charge is -2.26. The van der Waals surface area contributed by atoms with Crippen molar-refractivity contribution in [2.75, 3.05) is 12.4 Å². The number of rotatable bonds is 9. The molecule has 2 atom stereocenters. The second kappa shape index (κ2) is 9.71. The molecule has 0 aliphatic rings. The van der Waals surface area contributed by atoms with Gasteiger partial charge in [-0.05, 0) is 23.6 Å². The molecule has 0 radical (unpaired) electrons. The molecule has 0 aliphatic heterocycles. The molecule has 2 aromatic rings. The highest BCUT2D eigenvalue weighted by Crippen LogP contribution is 2.21. The smallest absolute Gasteiger partial charge is 0.0590 e. The van der Waals surface area contributed by atoms with Crippen LogP contribution >= 0.6 is 11.8 Å². The first-order valence-corrected chi connectivity index (χ1v) is 9.25. The standard InChI is InChI=1S/C19H26N2OS/c1-15(2)18(12-22)21-19(17-10-6-7-11-20-17)14-23-13-16-8-4-3-5-9-16/h3-11,15,18-19,21-22H,12-14H2,1-2H3/t18-,19+/m1/s1. The minimum absolute atomic E-state index is 0.0827. The highest BCUT2D eigenvalue weighted by molar-refractivity contribution is 7.98. The van der Waals surface area contributed by atoms with Gasteiger partial charge in [0.1, 0.15) is 0 Å². The summed E-state index contributed by atoms with van der Waals surface area (Å²) in [6.45, 7) is 4.39. The summed E-state index contributed by atoms with van der Waals surface area (Å²) in [6, 6.07) is 16.7. The number of nitrogens with one attached hydrogen (secondary N) is 1. The van der Waals surface area contributed by atoms with E-state index in [1.165, 1.54) is 5.56 Å². The number of thioether (sulfide) groups is 1. The molecule has 0 aliphatic carbocycles. The highest BCUT2D eigenvalue weighted by Gasteiger charge is 2.19. The number of pyridine rings is 1. The first kappa shape index (κ1) is 18.0. The minimum atomic E-state index is 0.0827. The fourth-order valence-corrected chi connectivity index (χ4v) is 3.43. The summed E-state index contributed by atoms with van der Waals surface area (Å²) in [5, 5.41) is 13.2. The van der Waals surface area contributed by atoms with Crippen LogP contribution in [0.3, 0.4) is 0 Å². The Hall–Kier alpha value is -1.36. The second-order valence-corrected chi connectivity index (χ2v) is 7.04. The topological polar surface area (TPSA) is 45.1 Å². The Morgan fingerprint density at radius 3 is 2.43 bits per heavy atom. The summed E-state index contributed by atoms with van der Waals surface area (Å²) >= 11 is 1.89. The van der Waals surface area contributed by atoms with Crippen LogP contribution in [0.4, 0.5) is 0 Å². The average Bonchev–Trinajstić information content (AvgIpc) is 2.59. The third kappa shape index (κ3) is 5.98. The van der Waals surface area contributed by atoms with Crippen LogP contribution in [0.15, 0.2) is 54.7 Å². The summed E-state index contributed by atoms with van der Waals surface area (Å²) < 4.78 is 0. The fourth-order valence-electron chi connectivity index (χ4n) is 2.38. The van der Waals surface area contributed by atoms with Crippen LogP contribution in [0.2, 0.25) is 0 Å². The quantitative estimate of drug-likeness (QED) is 0.736. The summed E-state index contributed by atoms with van der Waals surface area (Å²) in [6.07, 6.45) is 1.83. The van der Waals surface area contributed by atoms with Gasteiger partial charge >= 0.3 is 0 Å². The lowest BCUT2D eigenvalue weighted by Crippen LogP contribution is -2.40. The molecule has 0 fully saturated rings. The summed E-state index contributed by atoms with van der Waals surface area (Å²) in [4.78, 5) is 4.49. The van der Waals surface area contributed by atoms with E-state index in [9.17, 15) is 5.11 Å². The molecule has 0 saturated carbocycles. The predicted octanol–water partition coefficient (Wildman–Crippen LogP) is 3.66. The zero-order chi connectivity index (χ0) is 16.5.